The Morgan fingerprint density at radius 2 is 2.23 bits per heavy atom. The molecule has 4 heteroatoms. The maximum absolute atomic E-state index is 11.4. The molecule has 2 aliphatic heterocycles. The molecule has 4 nitrogen and oxygen atoms in total. The Labute approximate surface area is 76.2 Å². The molecule has 0 N–H and O–H groups in total. The maximum atomic E-state index is 11.4. The molecule has 0 aromatic heterocycles. The van der Waals surface area contributed by atoms with Crippen molar-refractivity contribution in [1.29, 1.82) is 0 Å². The zero-order chi connectivity index (χ0) is 9.64. The third-order valence-corrected chi connectivity index (χ3v) is 2.32. The molecule has 1 saturated heterocycles. The normalized spacial score (nSPS) is 32.5. The van der Waals surface area contributed by atoms with E-state index in [4.69, 9.17) is 4.74 Å². The first-order valence-electron chi connectivity index (χ1n) is 4.20. The molecule has 0 bridgehead atoms. The molecule has 1 fully saturated rings. The van der Waals surface area contributed by atoms with Crippen molar-refractivity contribution in [3.63, 3.8) is 0 Å². The molecule has 0 saturated carbocycles. The van der Waals surface area contributed by atoms with Crippen molar-refractivity contribution < 1.29 is 14.3 Å². The summed E-state index contributed by atoms with van der Waals surface area (Å²) in [4.78, 5) is 23.9. The van der Waals surface area contributed by atoms with Crippen molar-refractivity contribution in [3.8, 4) is 0 Å². The second-order valence-corrected chi connectivity index (χ2v) is 3.80. The summed E-state index contributed by atoms with van der Waals surface area (Å²) in [5.41, 5.74) is 0.221. The van der Waals surface area contributed by atoms with Gasteiger partial charge in [-0.15, -0.1) is 0 Å². The lowest BCUT2D eigenvalue weighted by Crippen LogP contribution is -2.38. The minimum absolute atomic E-state index is 0.193. The van der Waals surface area contributed by atoms with Crippen LogP contribution in [0.4, 0.5) is 0 Å². The molecule has 0 spiro atoms. The van der Waals surface area contributed by atoms with Crippen LogP contribution in [0.5, 0.6) is 0 Å². The maximum Gasteiger partial charge on any atom is 0.256 e. The number of hydrogen-bond acceptors (Lipinski definition) is 3. The predicted molar refractivity (Wildman–Crippen MR) is 44.8 cm³/mol. The quantitative estimate of drug-likeness (QED) is 0.448. The van der Waals surface area contributed by atoms with E-state index in [0.717, 1.165) is 0 Å². The monoisotopic (exact) mass is 181 g/mol. The molecule has 13 heavy (non-hydrogen) atoms. The highest BCUT2D eigenvalue weighted by molar-refractivity contribution is 6.15. The molecule has 0 aromatic carbocycles. The molecule has 2 aliphatic rings. The first-order valence-corrected chi connectivity index (χ1v) is 4.20. The van der Waals surface area contributed by atoms with E-state index in [9.17, 15) is 9.59 Å². The molecule has 1 unspecified atom stereocenters. The molecule has 2 heterocycles. The standard InChI is InChI=1S/C9H11NO3/c1-6-3-7(11)10(8(6)12)4-9(2)5-13-9/h3H,4-5H2,1-2H3. The topological polar surface area (TPSA) is 49.9 Å². The smallest absolute Gasteiger partial charge is 0.256 e. The number of hydrogen-bond donors (Lipinski definition) is 0. The summed E-state index contributed by atoms with van der Waals surface area (Å²) < 4.78 is 5.12. The van der Waals surface area contributed by atoms with E-state index < -0.39 is 0 Å². The van der Waals surface area contributed by atoms with Crippen LogP contribution in [0, 0.1) is 0 Å². The Hall–Kier alpha value is -1.16. The first-order chi connectivity index (χ1) is 6.02. The molecule has 0 aromatic rings. The lowest BCUT2D eigenvalue weighted by molar-refractivity contribution is -0.138. The average molecular weight is 181 g/mol. The summed E-state index contributed by atoms with van der Waals surface area (Å²) in [6.45, 7) is 4.54. The van der Waals surface area contributed by atoms with E-state index in [0.29, 0.717) is 18.7 Å². The Bertz CT molecular complexity index is 315. The molecule has 1 atom stereocenters. The Kier molecular flexibility index (Phi) is 1.57. The summed E-state index contributed by atoms with van der Waals surface area (Å²) in [6.07, 6.45) is 1.37. The molecule has 2 rings (SSSR count). The second kappa shape index (κ2) is 2.42. The van der Waals surface area contributed by atoms with E-state index in [-0.39, 0.29) is 17.4 Å². The number of carbonyl (C=O) groups excluding carboxylic acids is 2. The molecule has 0 aliphatic carbocycles. The van der Waals surface area contributed by atoms with Gasteiger partial charge >= 0.3 is 0 Å². The van der Waals surface area contributed by atoms with Crippen molar-refractivity contribution in [2.75, 3.05) is 13.2 Å². The Morgan fingerprint density at radius 3 is 2.62 bits per heavy atom. The van der Waals surface area contributed by atoms with Gasteiger partial charge in [0.1, 0.15) is 5.60 Å². The van der Waals surface area contributed by atoms with Gasteiger partial charge < -0.3 is 4.74 Å². The number of nitrogens with zero attached hydrogens (tertiary/aromatic N) is 1. The van der Waals surface area contributed by atoms with E-state index in [1.54, 1.807) is 6.92 Å². The number of rotatable bonds is 2. The van der Waals surface area contributed by atoms with Crippen LogP contribution in [0.15, 0.2) is 11.6 Å². The van der Waals surface area contributed by atoms with Gasteiger partial charge in [-0.1, -0.05) is 0 Å². The highest BCUT2D eigenvalue weighted by Gasteiger charge is 2.44. The van der Waals surface area contributed by atoms with Crippen molar-refractivity contribution in [1.82, 2.24) is 4.90 Å². The largest absolute Gasteiger partial charge is 0.368 e. The number of epoxide rings is 1. The van der Waals surface area contributed by atoms with Crippen LogP contribution in [0.1, 0.15) is 13.8 Å². The van der Waals surface area contributed by atoms with Crippen LogP contribution >= 0.6 is 0 Å². The van der Waals surface area contributed by atoms with Gasteiger partial charge in [-0.2, -0.15) is 0 Å². The molecule has 70 valence electrons. The number of carbonyl (C=O) groups is 2. The molecular formula is C9H11NO3. The van der Waals surface area contributed by atoms with E-state index >= 15 is 0 Å². The number of amides is 2. The zero-order valence-electron chi connectivity index (χ0n) is 7.66. The second-order valence-electron chi connectivity index (χ2n) is 3.80. The first kappa shape index (κ1) is 8.44. The van der Waals surface area contributed by atoms with Crippen LogP contribution in [0.3, 0.4) is 0 Å². The van der Waals surface area contributed by atoms with Crippen molar-refractivity contribution in [3.05, 3.63) is 11.6 Å². The van der Waals surface area contributed by atoms with Crippen LogP contribution in [-0.4, -0.2) is 35.5 Å². The van der Waals surface area contributed by atoms with E-state index in [2.05, 4.69) is 0 Å². The summed E-state index contributed by atoms with van der Waals surface area (Å²) >= 11 is 0. The summed E-state index contributed by atoms with van der Waals surface area (Å²) in [7, 11) is 0. The lowest BCUT2D eigenvalue weighted by Gasteiger charge is -2.16. The highest BCUT2D eigenvalue weighted by atomic mass is 16.6. The Morgan fingerprint density at radius 1 is 1.62 bits per heavy atom. The molecular weight excluding hydrogens is 170 g/mol. The van der Waals surface area contributed by atoms with Gasteiger partial charge in [-0.05, 0) is 13.8 Å². The number of ether oxygens (including phenoxy) is 1. The van der Waals surface area contributed by atoms with Gasteiger partial charge in [-0.25, -0.2) is 0 Å². The molecule has 2 amide bonds. The summed E-state index contributed by atoms with van der Waals surface area (Å²) in [5.74, 6) is -0.416. The van der Waals surface area contributed by atoms with Gasteiger partial charge in [0.05, 0.1) is 13.2 Å². The minimum Gasteiger partial charge on any atom is -0.368 e. The van der Waals surface area contributed by atoms with Gasteiger partial charge in [0.25, 0.3) is 11.8 Å². The average Bonchev–Trinajstić information content (AvgIpc) is 2.73. The molecule has 0 radical (unpaired) electrons. The summed E-state index contributed by atoms with van der Waals surface area (Å²) in [5, 5.41) is 0. The third kappa shape index (κ3) is 1.37. The van der Waals surface area contributed by atoms with Crippen LogP contribution in [0.25, 0.3) is 0 Å². The van der Waals surface area contributed by atoms with Crippen molar-refractivity contribution in [2.24, 2.45) is 0 Å². The van der Waals surface area contributed by atoms with Crippen LogP contribution in [0.2, 0.25) is 0 Å². The number of imide groups is 1. The zero-order valence-corrected chi connectivity index (χ0v) is 7.66. The fourth-order valence-corrected chi connectivity index (χ4v) is 1.34. The van der Waals surface area contributed by atoms with E-state index in [1.807, 2.05) is 6.92 Å². The fraction of sp³-hybridized carbons (Fsp3) is 0.556. The third-order valence-electron chi connectivity index (χ3n) is 2.32. The van der Waals surface area contributed by atoms with Crippen molar-refractivity contribution >= 4 is 11.8 Å². The predicted octanol–water partition coefficient (Wildman–Crippen LogP) is 0.0904. The SMILES string of the molecule is CC1=CC(=O)N(CC2(C)CO2)C1=O. The van der Waals surface area contributed by atoms with Gasteiger partial charge in [0, 0.05) is 11.6 Å². The van der Waals surface area contributed by atoms with Crippen LogP contribution in [-0.2, 0) is 14.3 Å². The fourth-order valence-electron chi connectivity index (χ4n) is 1.34. The highest BCUT2D eigenvalue weighted by Crippen LogP contribution is 2.28. The lowest BCUT2D eigenvalue weighted by atomic mass is 10.2. The summed E-state index contributed by atoms with van der Waals surface area (Å²) in [6, 6.07) is 0. The van der Waals surface area contributed by atoms with Gasteiger partial charge in [0.15, 0.2) is 0 Å². The van der Waals surface area contributed by atoms with Gasteiger partial charge in [-0.3, -0.25) is 14.5 Å². The van der Waals surface area contributed by atoms with Crippen molar-refractivity contribution in [2.45, 2.75) is 19.4 Å². The van der Waals surface area contributed by atoms with E-state index in [1.165, 1.54) is 11.0 Å². The minimum atomic E-state index is -0.288. The van der Waals surface area contributed by atoms with Crippen LogP contribution < -0.4 is 0 Å². The van der Waals surface area contributed by atoms with Gasteiger partial charge in [0.2, 0.25) is 0 Å². The Balaban J connectivity index is 2.09.